The Balaban J connectivity index is 1.41. The minimum Gasteiger partial charge on any atom is -0.507 e. The van der Waals surface area contributed by atoms with Gasteiger partial charge >= 0.3 is 5.63 Å². The van der Waals surface area contributed by atoms with Gasteiger partial charge in [0.1, 0.15) is 11.3 Å². The van der Waals surface area contributed by atoms with Crippen molar-refractivity contribution < 1.29 is 9.52 Å². The third-order valence-corrected chi connectivity index (χ3v) is 7.40. The zero-order valence-corrected chi connectivity index (χ0v) is 19.7. The van der Waals surface area contributed by atoms with E-state index in [1.54, 1.807) is 18.2 Å². The second-order valence-electron chi connectivity index (χ2n) is 9.17. The first kappa shape index (κ1) is 21.7. The lowest BCUT2D eigenvalue weighted by Gasteiger charge is -2.32. The molecule has 5 aromatic rings. The molecule has 4 heteroatoms. The van der Waals surface area contributed by atoms with Crippen LogP contribution in [-0.2, 0) is 6.42 Å². The summed E-state index contributed by atoms with van der Waals surface area (Å²) in [4.78, 5) is 13.1. The molecule has 2 unspecified atom stereocenters. The van der Waals surface area contributed by atoms with E-state index in [1.165, 1.54) is 11.1 Å². The highest BCUT2D eigenvalue weighted by Crippen LogP contribution is 2.45. The van der Waals surface area contributed by atoms with Crippen LogP contribution in [0.1, 0.15) is 40.5 Å². The van der Waals surface area contributed by atoms with Crippen LogP contribution in [0, 0.1) is 0 Å². The third kappa shape index (κ3) is 3.92. The Labute approximate surface area is 208 Å². The fraction of sp³-hybridized carbons (Fsp3) is 0.129. The molecule has 2 atom stereocenters. The molecule has 0 fully saturated rings. The van der Waals surface area contributed by atoms with Crippen LogP contribution < -0.4 is 5.63 Å². The van der Waals surface area contributed by atoms with Crippen LogP contribution in [0.3, 0.4) is 0 Å². The van der Waals surface area contributed by atoms with Gasteiger partial charge in [-0.25, -0.2) is 4.79 Å². The predicted molar refractivity (Wildman–Crippen MR) is 140 cm³/mol. The monoisotopic (exact) mass is 478 g/mol. The van der Waals surface area contributed by atoms with Gasteiger partial charge in [0, 0.05) is 10.9 Å². The zero-order valence-electron chi connectivity index (χ0n) is 18.9. The smallest absolute Gasteiger partial charge is 0.343 e. The van der Waals surface area contributed by atoms with Crippen LogP contribution in [0.5, 0.6) is 5.75 Å². The van der Waals surface area contributed by atoms with Gasteiger partial charge in [-0.1, -0.05) is 84.4 Å². The molecule has 0 saturated carbocycles. The minimum absolute atomic E-state index is 0.0235. The highest BCUT2D eigenvalue weighted by atomic mass is 35.5. The van der Waals surface area contributed by atoms with Crippen molar-refractivity contribution in [3.8, 4) is 16.9 Å². The summed E-state index contributed by atoms with van der Waals surface area (Å²) in [5, 5.41) is 12.5. The molecule has 1 N–H and O–H groups in total. The van der Waals surface area contributed by atoms with Crippen LogP contribution in [-0.4, -0.2) is 5.11 Å². The van der Waals surface area contributed by atoms with Crippen LogP contribution in [0.2, 0.25) is 5.02 Å². The Morgan fingerprint density at radius 2 is 1.46 bits per heavy atom. The number of fused-ring (bicyclic) bond motifs is 2. The molecule has 1 heterocycles. The van der Waals surface area contributed by atoms with Crippen LogP contribution >= 0.6 is 11.6 Å². The SMILES string of the molecule is O=c1oc2ccccc2c(O)c1C1CC(c2ccc(-c3ccc(Cl)cc3)cc2)Cc2ccccc21. The third-order valence-electron chi connectivity index (χ3n) is 7.15. The Bertz CT molecular complexity index is 1580. The maximum Gasteiger partial charge on any atom is 0.343 e. The van der Waals surface area contributed by atoms with Crippen LogP contribution in [0.25, 0.3) is 22.1 Å². The number of para-hydroxylation sites is 1. The summed E-state index contributed by atoms with van der Waals surface area (Å²) < 4.78 is 5.63. The predicted octanol–water partition coefficient (Wildman–Crippen LogP) is 7.68. The number of benzene rings is 4. The highest BCUT2D eigenvalue weighted by molar-refractivity contribution is 6.30. The summed E-state index contributed by atoms with van der Waals surface area (Å²) in [6.45, 7) is 0. The summed E-state index contributed by atoms with van der Waals surface area (Å²) >= 11 is 6.04. The van der Waals surface area contributed by atoms with E-state index in [9.17, 15) is 9.90 Å². The fourth-order valence-corrected chi connectivity index (χ4v) is 5.52. The normalized spacial score (nSPS) is 17.3. The van der Waals surface area contributed by atoms with Gasteiger partial charge in [-0.3, -0.25) is 0 Å². The Morgan fingerprint density at radius 1 is 0.800 bits per heavy atom. The maximum atomic E-state index is 13.1. The number of aromatic hydroxyl groups is 1. The van der Waals surface area contributed by atoms with Gasteiger partial charge in [-0.15, -0.1) is 0 Å². The summed E-state index contributed by atoms with van der Waals surface area (Å²) in [5.74, 6) is -0.0171. The van der Waals surface area contributed by atoms with Gasteiger partial charge in [-0.05, 0) is 70.8 Å². The summed E-state index contributed by atoms with van der Waals surface area (Å²) in [6, 6.07) is 31.8. The summed E-state index contributed by atoms with van der Waals surface area (Å²) in [5.41, 5.74) is 6.02. The van der Waals surface area contributed by atoms with E-state index in [-0.39, 0.29) is 17.6 Å². The molecule has 3 nitrogen and oxygen atoms in total. The first-order valence-corrected chi connectivity index (χ1v) is 12.1. The van der Waals surface area contributed by atoms with Gasteiger partial charge in [0.2, 0.25) is 0 Å². The molecule has 1 aliphatic carbocycles. The molecule has 0 radical (unpaired) electrons. The number of halogens is 1. The number of rotatable bonds is 3. The second-order valence-corrected chi connectivity index (χ2v) is 9.60. The van der Waals surface area contributed by atoms with Crippen molar-refractivity contribution in [2.24, 2.45) is 0 Å². The average molecular weight is 479 g/mol. The number of hydrogen-bond acceptors (Lipinski definition) is 3. The Hall–Kier alpha value is -3.82. The van der Waals surface area contributed by atoms with Gasteiger partial charge < -0.3 is 9.52 Å². The lowest BCUT2D eigenvalue weighted by molar-refractivity contribution is 0.437. The first-order valence-electron chi connectivity index (χ1n) is 11.8. The quantitative estimate of drug-likeness (QED) is 0.270. The summed E-state index contributed by atoms with van der Waals surface area (Å²) in [6.07, 6.45) is 1.60. The van der Waals surface area contributed by atoms with E-state index in [2.05, 4.69) is 36.4 Å². The molecule has 1 aromatic heterocycles. The minimum atomic E-state index is -0.472. The molecular weight excluding hydrogens is 456 g/mol. The van der Waals surface area contributed by atoms with Gasteiger partial charge in [0.15, 0.2) is 0 Å². The van der Waals surface area contributed by atoms with E-state index in [1.807, 2.05) is 42.5 Å². The van der Waals surface area contributed by atoms with Crippen molar-refractivity contribution in [2.45, 2.75) is 24.7 Å². The lowest BCUT2D eigenvalue weighted by Crippen LogP contribution is -2.23. The standard InChI is InChI=1S/C31H23ClO3/c32-24-15-13-20(14-16-24)19-9-11-21(12-10-19)23-17-22-5-1-2-6-25(22)27(18-23)29-30(33)26-7-3-4-8-28(26)35-31(29)34/h1-16,23,27,33H,17-18H2. The molecule has 35 heavy (non-hydrogen) atoms. The van der Waals surface area contributed by atoms with Crippen LogP contribution in [0.4, 0.5) is 0 Å². The van der Waals surface area contributed by atoms with Crippen molar-refractivity contribution in [3.05, 3.63) is 135 Å². The fourth-order valence-electron chi connectivity index (χ4n) is 5.39. The Kier molecular flexibility index (Phi) is 5.43. The van der Waals surface area contributed by atoms with Crippen molar-refractivity contribution in [1.82, 2.24) is 0 Å². The maximum absolute atomic E-state index is 13.1. The zero-order chi connectivity index (χ0) is 23.9. The van der Waals surface area contributed by atoms with E-state index in [0.717, 1.165) is 28.1 Å². The highest BCUT2D eigenvalue weighted by Gasteiger charge is 2.33. The van der Waals surface area contributed by atoms with E-state index in [4.69, 9.17) is 16.0 Å². The molecule has 0 bridgehead atoms. The molecule has 0 saturated heterocycles. The lowest BCUT2D eigenvalue weighted by atomic mass is 9.72. The van der Waals surface area contributed by atoms with Crippen molar-refractivity contribution in [3.63, 3.8) is 0 Å². The molecule has 172 valence electrons. The number of hydrogen-bond donors (Lipinski definition) is 1. The molecule has 0 aliphatic heterocycles. The molecule has 0 amide bonds. The van der Waals surface area contributed by atoms with Crippen molar-refractivity contribution >= 4 is 22.6 Å². The van der Waals surface area contributed by atoms with Gasteiger partial charge in [0.05, 0.1) is 10.9 Å². The molecule has 6 rings (SSSR count). The molecular formula is C31H23ClO3. The summed E-state index contributed by atoms with van der Waals surface area (Å²) in [7, 11) is 0. The average Bonchev–Trinajstić information content (AvgIpc) is 2.89. The van der Waals surface area contributed by atoms with E-state index in [0.29, 0.717) is 23.0 Å². The Morgan fingerprint density at radius 3 is 2.23 bits per heavy atom. The van der Waals surface area contributed by atoms with E-state index >= 15 is 0 Å². The topological polar surface area (TPSA) is 50.4 Å². The second kappa shape index (κ2) is 8.75. The molecule has 4 aromatic carbocycles. The van der Waals surface area contributed by atoms with Crippen molar-refractivity contribution in [2.75, 3.05) is 0 Å². The van der Waals surface area contributed by atoms with Gasteiger partial charge in [-0.2, -0.15) is 0 Å². The molecule has 0 spiro atoms. The van der Waals surface area contributed by atoms with E-state index < -0.39 is 5.63 Å². The first-order chi connectivity index (χ1) is 17.1. The molecule has 1 aliphatic rings. The largest absolute Gasteiger partial charge is 0.507 e. The van der Waals surface area contributed by atoms with Crippen LogP contribution in [0.15, 0.2) is 106 Å². The van der Waals surface area contributed by atoms with Gasteiger partial charge in [0.25, 0.3) is 0 Å². The van der Waals surface area contributed by atoms with Crippen molar-refractivity contribution in [1.29, 1.82) is 0 Å².